The molecule has 1 heterocycles. The van der Waals surface area contributed by atoms with Gasteiger partial charge in [0.05, 0.1) is 12.7 Å². The first kappa shape index (κ1) is 17.5. The molecule has 0 spiro atoms. The Balaban J connectivity index is 1.59. The molecular weight excluding hydrogens is 341 g/mol. The van der Waals surface area contributed by atoms with Gasteiger partial charge in [0.1, 0.15) is 17.1 Å². The molecule has 0 saturated carbocycles. The van der Waals surface area contributed by atoms with Crippen LogP contribution in [0.15, 0.2) is 53.1 Å². The zero-order valence-corrected chi connectivity index (χ0v) is 13.9. The van der Waals surface area contributed by atoms with E-state index >= 15 is 0 Å². The summed E-state index contributed by atoms with van der Waals surface area (Å²) in [6.45, 7) is 1.45. The summed E-state index contributed by atoms with van der Waals surface area (Å²) in [5, 5.41) is 12.6. The number of phenolic OH excluding ortho intramolecular Hbond substituents is 1. The lowest BCUT2D eigenvalue weighted by molar-refractivity contribution is -0.152. The number of halogens is 1. The molecule has 0 aliphatic heterocycles. The van der Waals surface area contributed by atoms with Crippen molar-refractivity contribution in [2.75, 3.05) is 5.32 Å². The highest BCUT2D eigenvalue weighted by Crippen LogP contribution is 2.25. The number of amides is 1. The van der Waals surface area contributed by atoms with Gasteiger partial charge in [0, 0.05) is 22.7 Å². The first-order chi connectivity index (χ1) is 12.4. The smallest absolute Gasteiger partial charge is 0.311 e. The summed E-state index contributed by atoms with van der Waals surface area (Å²) in [5.41, 5.74) is 1.45. The Morgan fingerprint density at radius 1 is 1.23 bits per heavy atom. The molecular formula is C19H16FNO5. The molecule has 26 heavy (non-hydrogen) atoms. The molecule has 0 bridgehead atoms. The molecule has 6 nitrogen and oxygen atoms in total. The third kappa shape index (κ3) is 4.00. The molecule has 0 radical (unpaired) electrons. The lowest BCUT2D eigenvalue weighted by atomic mass is 10.1. The summed E-state index contributed by atoms with van der Waals surface area (Å²) >= 11 is 0. The number of carbonyl (C=O) groups is 2. The monoisotopic (exact) mass is 357 g/mol. The number of anilines is 1. The van der Waals surface area contributed by atoms with E-state index in [9.17, 15) is 19.1 Å². The van der Waals surface area contributed by atoms with Gasteiger partial charge in [0.25, 0.3) is 5.91 Å². The van der Waals surface area contributed by atoms with Crippen molar-refractivity contribution in [3.63, 3.8) is 0 Å². The van der Waals surface area contributed by atoms with Gasteiger partial charge >= 0.3 is 5.97 Å². The van der Waals surface area contributed by atoms with Gasteiger partial charge in [0.15, 0.2) is 6.10 Å². The molecule has 0 aliphatic rings. The van der Waals surface area contributed by atoms with Crippen molar-refractivity contribution in [3.05, 3.63) is 60.1 Å². The van der Waals surface area contributed by atoms with Crippen molar-refractivity contribution in [2.24, 2.45) is 0 Å². The Hall–Kier alpha value is -3.35. The highest BCUT2D eigenvalue weighted by molar-refractivity contribution is 5.95. The van der Waals surface area contributed by atoms with Gasteiger partial charge in [-0.3, -0.25) is 9.59 Å². The molecule has 2 N–H and O–H groups in total. The number of rotatable bonds is 5. The summed E-state index contributed by atoms with van der Waals surface area (Å²) in [6.07, 6.45) is 0.315. The lowest BCUT2D eigenvalue weighted by Gasteiger charge is -2.13. The fraction of sp³-hybridized carbons (Fsp3) is 0.158. The highest BCUT2D eigenvalue weighted by Gasteiger charge is 2.19. The van der Waals surface area contributed by atoms with Crippen molar-refractivity contribution in [3.8, 4) is 5.75 Å². The van der Waals surface area contributed by atoms with E-state index in [4.69, 9.17) is 9.15 Å². The summed E-state index contributed by atoms with van der Waals surface area (Å²) in [4.78, 5) is 24.1. The summed E-state index contributed by atoms with van der Waals surface area (Å²) in [6, 6.07) is 9.83. The van der Waals surface area contributed by atoms with E-state index in [0.29, 0.717) is 22.2 Å². The second-order valence-corrected chi connectivity index (χ2v) is 5.75. The van der Waals surface area contributed by atoms with Crippen LogP contribution in [0.4, 0.5) is 10.1 Å². The fourth-order valence-corrected chi connectivity index (χ4v) is 2.43. The van der Waals surface area contributed by atoms with Gasteiger partial charge in [-0.05, 0) is 43.3 Å². The third-order valence-corrected chi connectivity index (χ3v) is 3.76. The van der Waals surface area contributed by atoms with Crippen molar-refractivity contribution in [1.29, 1.82) is 0 Å². The van der Waals surface area contributed by atoms with Crippen LogP contribution in [0, 0.1) is 5.82 Å². The first-order valence-corrected chi connectivity index (χ1v) is 7.87. The minimum absolute atomic E-state index is 0.0621. The zero-order valence-electron chi connectivity index (χ0n) is 13.9. The average Bonchev–Trinajstić information content (AvgIpc) is 2.98. The van der Waals surface area contributed by atoms with Gasteiger partial charge < -0.3 is 19.6 Å². The van der Waals surface area contributed by atoms with Crippen LogP contribution in [0.3, 0.4) is 0 Å². The van der Waals surface area contributed by atoms with Crippen molar-refractivity contribution >= 4 is 28.5 Å². The molecule has 0 saturated heterocycles. The number of ether oxygens (including phenoxy) is 1. The van der Waals surface area contributed by atoms with Crippen LogP contribution < -0.4 is 5.32 Å². The quantitative estimate of drug-likeness (QED) is 0.683. The van der Waals surface area contributed by atoms with Crippen molar-refractivity contribution < 1.29 is 28.2 Å². The molecule has 0 aliphatic carbocycles. The molecule has 2 aromatic carbocycles. The molecule has 0 unspecified atom stereocenters. The largest absolute Gasteiger partial charge is 0.508 e. The van der Waals surface area contributed by atoms with Crippen LogP contribution in [-0.2, 0) is 20.7 Å². The van der Waals surface area contributed by atoms with Crippen LogP contribution in [-0.4, -0.2) is 23.1 Å². The molecule has 7 heteroatoms. The number of benzene rings is 2. The van der Waals surface area contributed by atoms with Crippen molar-refractivity contribution in [1.82, 2.24) is 0 Å². The molecule has 3 rings (SSSR count). The molecule has 1 amide bonds. The van der Waals surface area contributed by atoms with Gasteiger partial charge in [-0.1, -0.05) is 0 Å². The summed E-state index contributed by atoms with van der Waals surface area (Å²) < 4.78 is 23.3. The van der Waals surface area contributed by atoms with Crippen LogP contribution in [0.25, 0.3) is 11.0 Å². The Labute approximate surface area is 148 Å². The molecule has 134 valence electrons. The predicted octanol–water partition coefficient (Wildman–Crippen LogP) is 3.39. The van der Waals surface area contributed by atoms with Crippen molar-refractivity contribution in [2.45, 2.75) is 19.4 Å². The van der Waals surface area contributed by atoms with E-state index in [0.717, 1.165) is 0 Å². The summed E-state index contributed by atoms with van der Waals surface area (Å²) in [7, 11) is 0. The third-order valence-electron chi connectivity index (χ3n) is 3.76. The second-order valence-electron chi connectivity index (χ2n) is 5.75. The van der Waals surface area contributed by atoms with Gasteiger partial charge in [-0.25, -0.2) is 4.39 Å². The van der Waals surface area contributed by atoms with E-state index in [1.54, 1.807) is 6.07 Å². The maximum Gasteiger partial charge on any atom is 0.311 e. The minimum atomic E-state index is -1.02. The molecule has 0 fully saturated rings. The minimum Gasteiger partial charge on any atom is -0.508 e. The number of furan rings is 1. The number of carbonyl (C=O) groups excluding carboxylic acids is 2. The SMILES string of the molecule is C[C@H](OC(=O)Cc1coc2cc(O)ccc12)C(=O)Nc1ccc(F)cc1. The predicted molar refractivity (Wildman–Crippen MR) is 92.2 cm³/mol. The number of esters is 1. The first-order valence-electron chi connectivity index (χ1n) is 7.87. The normalized spacial score (nSPS) is 11.9. The van der Waals surface area contributed by atoms with E-state index in [1.165, 1.54) is 49.6 Å². The van der Waals surface area contributed by atoms with Crippen LogP contribution in [0.2, 0.25) is 0 Å². The number of nitrogens with one attached hydrogen (secondary N) is 1. The lowest BCUT2D eigenvalue weighted by Crippen LogP contribution is -2.30. The highest BCUT2D eigenvalue weighted by atomic mass is 19.1. The fourth-order valence-electron chi connectivity index (χ4n) is 2.43. The second kappa shape index (κ2) is 7.26. The van der Waals surface area contributed by atoms with E-state index < -0.39 is 23.8 Å². The average molecular weight is 357 g/mol. The maximum atomic E-state index is 12.9. The Kier molecular flexibility index (Phi) is 4.88. The topological polar surface area (TPSA) is 88.8 Å². The van der Waals surface area contributed by atoms with E-state index in [2.05, 4.69) is 5.32 Å². The van der Waals surface area contributed by atoms with Crippen LogP contribution in [0.1, 0.15) is 12.5 Å². The van der Waals surface area contributed by atoms with Gasteiger partial charge in [-0.15, -0.1) is 0 Å². The number of hydrogen-bond donors (Lipinski definition) is 2. The number of hydrogen-bond acceptors (Lipinski definition) is 5. The van der Waals surface area contributed by atoms with Crippen LogP contribution in [0.5, 0.6) is 5.75 Å². The molecule has 3 aromatic rings. The number of fused-ring (bicyclic) bond motifs is 1. The molecule has 1 atom stereocenters. The zero-order chi connectivity index (χ0) is 18.7. The van der Waals surface area contributed by atoms with E-state index in [1.807, 2.05) is 0 Å². The summed E-state index contributed by atoms with van der Waals surface area (Å²) in [5.74, 6) is -1.47. The van der Waals surface area contributed by atoms with Gasteiger partial charge in [-0.2, -0.15) is 0 Å². The standard InChI is InChI=1S/C19H16FNO5/c1-11(19(24)21-14-4-2-13(20)3-5-14)26-18(23)8-12-10-25-17-9-15(22)6-7-16(12)17/h2-7,9-11,22H,8H2,1H3,(H,21,24)/t11-/m0/s1. The van der Waals surface area contributed by atoms with E-state index in [-0.39, 0.29) is 12.2 Å². The number of phenols is 1. The van der Waals surface area contributed by atoms with Crippen LogP contribution >= 0.6 is 0 Å². The molecule has 1 aromatic heterocycles. The maximum absolute atomic E-state index is 12.9. The Bertz CT molecular complexity index is 948. The number of aromatic hydroxyl groups is 1. The Morgan fingerprint density at radius 2 is 1.96 bits per heavy atom. The van der Waals surface area contributed by atoms with Gasteiger partial charge in [0.2, 0.25) is 0 Å². The Morgan fingerprint density at radius 3 is 2.69 bits per heavy atom.